The molecule has 0 fully saturated rings. The molecule has 13 heavy (non-hydrogen) atoms. The summed E-state index contributed by atoms with van der Waals surface area (Å²) in [6.07, 6.45) is -4.55. The van der Waals surface area contributed by atoms with Crippen LogP contribution in [0.25, 0.3) is 0 Å². The van der Waals surface area contributed by atoms with E-state index in [4.69, 9.17) is 0 Å². The van der Waals surface area contributed by atoms with Crippen LogP contribution in [0.3, 0.4) is 0 Å². The number of hydrogen-bond acceptors (Lipinski definition) is 2. The van der Waals surface area contributed by atoms with Gasteiger partial charge in [-0.05, 0) is 12.1 Å². The van der Waals surface area contributed by atoms with Gasteiger partial charge in [0.15, 0.2) is 5.76 Å². The van der Waals surface area contributed by atoms with Crippen molar-refractivity contribution in [2.75, 3.05) is 7.05 Å². The Hall–Kier alpha value is -1.46. The topological polar surface area (TPSA) is 42.2 Å². The lowest BCUT2D eigenvalue weighted by Gasteiger charge is -2.00. The quantitative estimate of drug-likeness (QED) is 0.736. The average Bonchev–Trinajstić information content (AvgIpc) is 2.50. The van der Waals surface area contributed by atoms with Gasteiger partial charge in [0, 0.05) is 7.05 Å². The molecule has 0 spiro atoms. The molecule has 1 heterocycles. The van der Waals surface area contributed by atoms with Crippen molar-refractivity contribution in [3.8, 4) is 0 Å². The molecule has 0 radical (unpaired) electrons. The third-order valence-electron chi connectivity index (χ3n) is 1.34. The predicted molar refractivity (Wildman–Crippen MR) is 37.1 cm³/mol. The highest BCUT2D eigenvalue weighted by Gasteiger charge is 2.35. The first kappa shape index (κ1) is 9.63. The zero-order chi connectivity index (χ0) is 10.1. The highest BCUT2D eigenvalue weighted by Crippen LogP contribution is 2.30. The lowest BCUT2D eigenvalue weighted by Crippen LogP contribution is -2.16. The third kappa shape index (κ3) is 2.01. The summed E-state index contributed by atoms with van der Waals surface area (Å²) in [6, 6.07) is 1.69. The van der Waals surface area contributed by atoms with Gasteiger partial charge in [-0.3, -0.25) is 4.79 Å². The molecule has 1 rings (SSSR count). The first-order valence-corrected chi connectivity index (χ1v) is 3.34. The van der Waals surface area contributed by atoms with Gasteiger partial charge >= 0.3 is 6.18 Å². The lowest BCUT2D eigenvalue weighted by atomic mass is 10.4. The fraction of sp³-hybridized carbons (Fsp3) is 0.286. The van der Waals surface area contributed by atoms with Crippen molar-refractivity contribution in [3.63, 3.8) is 0 Å². The summed E-state index contributed by atoms with van der Waals surface area (Å²) in [5, 5.41) is 2.15. The van der Waals surface area contributed by atoms with Gasteiger partial charge < -0.3 is 9.73 Å². The van der Waals surface area contributed by atoms with Gasteiger partial charge in [0.1, 0.15) is 0 Å². The normalized spacial score (nSPS) is 11.4. The van der Waals surface area contributed by atoms with Crippen molar-refractivity contribution in [3.05, 3.63) is 23.7 Å². The standard InChI is InChI=1S/C7H6F3NO2/c1-11-6(12)4-2-3-5(13-4)7(8,9)10/h2-3H,1H3,(H,11,12). The number of hydrogen-bond donors (Lipinski definition) is 1. The monoisotopic (exact) mass is 193 g/mol. The molecule has 72 valence electrons. The molecule has 0 saturated heterocycles. The highest BCUT2D eigenvalue weighted by molar-refractivity contribution is 5.91. The molecular formula is C7H6F3NO2. The molecule has 0 saturated carbocycles. The van der Waals surface area contributed by atoms with Crippen LogP contribution in [0.15, 0.2) is 16.5 Å². The maximum atomic E-state index is 11.9. The van der Waals surface area contributed by atoms with E-state index in [2.05, 4.69) is 9.73 Å². The zero-order valence-electron chi connectivity index (χ0n) is 6.61. The van der Waals surface area contributed by atoms with Crippen LogP contribution in [0.5, 0.6) is 0 Å². The minimum absolute atomic E-state index is 0.352. The second-order valence-corrected chi connectivity index (χ2v) is 2.24. The van der Waals surface area contributed by atoms with E-state index < -0.39 is 17.8 Å². The van der Waals surface area contributed by atoms with Crippen molar-refractivity contribution in [2.24, 2.45) is 0 Å². The van der Waals surface area contributed by atoms with E-state index >= 15 is 0 Å². The molecule has 0 unspecified atom stereocenters. The van der Waals surface area contributed by atoms with E-state index in [1.807, 2.05) is 0 Å². The molecule has 1 aromatic rings. The van der Waals surface area contributed by atoms with Gasteiger partial charge in [0.05, 0.1) is 0 Å². The second-order valence-electron chi connectivity index (χ2n) is 2.24. The van der Waals surface area contributed by atoms with Crippen LogP contribution in [0.4, 0.5) is 13.2 Å². The van der Waals surface area contributed by atoms with Crippen LogP contribution >= 0.6 is 0 Å². The Morgan fingerprint density at radius 3 is 2.46 bits per heavy atom. The number of rotatable bonds is 1. The SMILES string of the molecule is CNC(=O)c1ccc(C(F)(F)F)o1. The Morgan fingerprint density at radius 2 is 2.08 bits per heavy atom. The molecule has 0 bridgehead atoms. The Balaban J connectivity index is 2.93. The summed E-state index contributed by atoms with van der Waals surface area (Å²) in [5.74, 6) is -2.21. The number of carbonyl (C=O) groups excluding carboxylic acids is 1. The van der Waals surface area contributed by atoms with Crippen LogP contribution in [-0.4, -0.2) is 13.0 Å². The van der Waals surface area contributed by atoms with Gasteiger partial charge in [-0.25, -0.2) is 0 Å². The van der Waals surface area contributed by atoms with Crippen LogP contribution in [-0.2, 0) is 6.18 Å². The van der Waals surface area contributed by atoms with E-state index in [0.29, 0.717) is 6.07 Å². The molecule has 1 amide bonds. The molecule has 0 aliphatic rings. The number of furan rings is 1. The van der Waals surface area contributed by atoms with Gasteiger partial charge in [-0.2, -0.15) is 13.2 Å². The van der Waals surface area contributed by atoms with Crippen molar-refractivity contribution < 1.29 is 22.4 Å². The molecule has 6 heteroatoms. The Labute approximate surface area is 71.5 Å². The molecular weight excluding hydrogens is 187 g/mol. The summed E-state index contributed by atoms with van der Waals surface area (Å²) in [4.78, 5) is 10.8. The zero-order valence-corrected chi connectivity index (χ0v) is 6.61. The summed E-state index contributed by atoms with van der Waals surface area (Å²) >= 11 is 0. The van der Waals surface area contributed by atoms with E-state index in [1.165, 1.54) is 7.05 Å². The maximum Gasteiger partial charge on any atom is 0.449 e. The van der Waals surface area contributed by atoms with Gasteiger partial charge in [0.2, 0.25) is 5.76 Å². The summed E-state index contributed by atoms with van der Waals surface area (Å²) < 4.78 is 40.1. The minimum atomic E-state index is -4.55. The number of carbonyl (C=O) groups is 1. The maximum absolute atomic E-state index is 11.9. The third-order valence-corrected chi connectivity index (χ3v) is 1.34. The second kappa shape index (κ2) is 3.12. The van der Waals surface area contributed by atoms with E-state index in [1.54, 1.807) is 0 Å². The number of amides is 1. The Bertz CT molecular complexity index is 316. The van der Waals surface area contributed by atoms with Crippen molar-refractivity contribution in [1.82, 2.24) is 5.32 Å². The molecule has 0 atom stereocenters. The molecule has 1 N–H and O–H groups in total. The molecule has 1 aromatic heterocycles. The smallest absolute Gasteiger partial charge is 0.446 e. The Morgan fingerprint density at radius 1 is 1.46 bits per heavy atom. The Kier molecular flexibility index (Phi) is 2.31. The first-order valence-electron chi connectivity index (χ1n) is 3.34. The van der Waals surface area contributed by atoms with Gasteiger partial charge in [-0.15, -0.1) is 0 Å². The fourth-order valence-corrected chi connectivity index (χ4v) is 0.735. The summed E-state index contributed by atoms with van der Waals surface area (Å²) in [7, 11) is 1.30. The van der Waals surface area contributed by atoms with Gasteiger partial charge in [0.25, 0.3) is 5.91 Å². The van der Waals surface area contributed by atoms with Crippen molar-refractivity contribution in [2.45, 2.75) is 6.18 Å². The molecule has 0 aromatic carbocycles. The van der Waals surface area contributed by atoms with Crippen molar-refractivity contribution in [1.29, 1.82) is 0 Å². The largest absolute Gasteiger partial charge is 0.449 e. The molecule has 0 aliphatic heterocycles. The van der Waals surface area contributed by atoms with Crippen LogP contribution < -0.4 is 5.32 Å². The van der Waals surface area contributed by atoms with Gasteiger partial charge in [-0.1, -0.05) is 0 Å². The van der Waals surface area contributed by atoms with Crippen LogP contribution in [0.2, 0.25) is 0 Å². The number of alkyl halides is 3. The van der Waals surface area contributed by atoms with E-state index in [9.17, 15) is 18.0 Å². The lowest BCUT2D eigenvalue weighted by molar-refractivity contribution is -0.153. The first-order chi connectivity index (χ1) is 5.95. The van der Waals surface area contributed by atoms with Crippen LogP contribution in [0.1, 0.15) is 16.3 Å². The average molecular weight is 193 g/mol. The number of halogens is 3. The predicted octanol–water partition coefficient (Wildman–Crippen LogP) is 1.66. The molecule has 0 aliphatic carbocycles. The summed E-state index contributed by atoms with van der Waals surface area (Å²) in [5.41, 5.74) is 0. The minimum Gasteiger partial charge on any atom is -0.446 e. The summed E-state index contributed by atoms with van der Waals surface area (Å²) in [6.45, 7) is 0. The fourth-order valence-electron chi connectivity index (χ4n) is 0.735. The van der Waals surface area contributed by atoms with Crippen molar-refractivity contribution >= 4 is 5.91 Å². The van der Waals surface area contributed by atoms with E-state index in [0.717, 1.165) is 6.07 Å². The number of nitrogens with one attached hydrogen (secondary N) is 1. The van der Waals surface area contributed by atoms with Crippen LogP contribution in [0, 0.1) is 0 Å². The highest BCUT2D eigenvalue weighted by atomic mass is 19.4. The van der Waals surface area contributed by atoms with E-state index in [-0.39, 0.29) is 5.76 Å². The molecule has 3 nitrogen and oxygen atoms in total.